The fourth-order valence-electron chi connectivity index (χ4n) is 4.73. The molecule has 176 valence electrons. The number of aryl methyl sites for hydroxylation is 1. The minimum Gasteiger partial charge on any atom is -0.507 e. The van der Waals surface area contributed by atoms with E-state index in [1.807, 2.05) is 0 Å². The summed E-state index contributed by atoms with van der Waals surface area (Å²) in [6.07, 6.45) is 1.90. The number of rotatable bonds is 7. The van der Waals surface area contributed by atoms with Gasteiger partial charge in [-0.05, 0) is 31.0 Å². The molecule has 1 spiro atoms. The third kappa shape index (κ3) is 3.25. The number of carbonyl (C=O) groups is 3. The molecule has 4 rings (SSSR count). The highest BCUT2D eigenvalue weighted by Crippen LogP contribution is 2.53. The Hall–Kier alpha value is -3.78. The number of nitrogens with zero attached hydrogens (tertiary/aromatic N) is 2. The zero-order valence-corrected chi connectivity index (χ0v) is 19.0. The maximum absolute atomic E-state index is 14.3. The average molecular weight is 464 g/mol. The average Bonchev–Trinajstić information content (AvgIpc) is 3.20. The lowest BCUT2D eigenvalue weighted by Gasteiger charge is -2.34. The number of fused-ring (bicyclic) bond motifs is 2. The van der Waals surface area contributed by atoms with Crippen molar-refractivity contribution in [2.75, 3.05) is 31.7 Å². The summed E-state index contributed by atoms with van der Waals surface area (Å²) in [7, 11) is 1.51. The van der Waals surface area contributed by atoms with Gasteiger partial charge in [-0.25, -0.2) is 4.39 Å². The number of aliphatic hydroxyl groups excluding tert-OH is 1. The van der Waals surface area contributed by atoms with Gasteiger partial charge in [0.2, 0.25) is 0 Å². The van der Waals surface area contributed by atoms with Crippen LogP contribution in [0.1, 0.15) is 23.1 Å². The second-order valence-electron chi connectivity index (χ2n) is 8.25. The van der Waals surface area contributed by atoms with Crippen LogP contribution in [0.5, 0.6) is 0 Å². The first-order valence-corrected chi connectivity index (χ1v) is 10.9. The first-order chi connectivity index (χ1) is 16.3. The van der Waals surface area contributed by atoms with E-state index in [0.29, 0.717) is 29.8 Å². The molecular weight excluding hydrogens is 439 g/mol. The Morgan fingerprint density at radius 3 is 2.62 bits per heavy atom. The van der Waals surface area contributed by atoms with Gasteiger partial charge >= 0.3 is 0 Å². The quantitative estimate of drug-likeness (QED) is 0.223. The standard InChI is InChI=1S/C26H25FN2O5/c1-4-12-28-20-9-6-5-8-18(20)26(25(28)33)21(22(30)17-11-10-16(2)19(27)15-17)23(31)24(32)29(26)13-7-14-34-3/h4-6,8-11,15,30H,1,7,12-14H2,2-3H3. The van der Waals surface area contributed by atoms with Crippen molar-refractivity contribution in [3.05, 3.63) is 83.2 Å². The van der Waals surface area contributed by atoms with E-state index in [4.69, 9.17) is 4.74 Å². The third-order valence-corrected chi connectivity index (χ3v) is 6.30. The second kappa shape index (κ2) is 8.87. The van der Waals surface area contributed by atoms with Crippen LogP contribution in [0.25, 0.3) is 5.76 Å². The minimum absolute atomic E-state index is 0.00446. The highest BCUT2D eigenvalue weighted by molar-refractivity contribution is 6.50. The Labute approximate surface area is 196 Å². The summed E-state index contributed by atoms with van der Waals surface area (Å²) in [5.74, 6) is -3.65. The number of amides is 2. The molecule has 2 aliphatic rings. The molecule has 34 heavy (non-hydrogen) atoms. The molecule has 1 fully saturated rings. The molecule has 0 aliphatic carbocycles. The van der Waals surface area contributed by atoms with E-state index in [-0.39, 0.29) is 24.2 Å². The number of methoxy groups -OCH3 is 1. The number of Topliss-reactive ketones (excluding diaryl/α,β-unsaturated/α-hetero) is 1. The van der Waals surface area contributed by atoms with Gasteiger partial charge < -0.3 is 19.6 Å². The van der Waals surface area contributed by atoms with Gasteiger partial charge in [-0.1, -0.05) is 36.4 Å². The van der Waals surface area contributed by atoms with Gasteiger partial charge in [0.1, 0.15) is 11.6 Å². The van der Waals surface area contributed by atoms with Gasteiger partial charge in [-0.15, -0.1) is 6.58 Å². The molecule has 2 aromatic carbocycles. The van der Waals surface area contributed by atoms with E-state index in [1.165, 1.54) is 29.0 Å². The summed E-state index contributed by atoms with van der Waals surface area (Å²) in [6, 6.07) is 10.8. The van der Waals surface area contributed by atoms with Crippen molar-refractivity contribution in [1.82, 2.24) is 4.90 Å². The van der Waals surface area contributed by atoms with Crippen LogP contribution < -0.4 is 4.90 Å². The molecule has 1 N–H and O–H groups in total. The van der Waals surface area contributed by atoms with Crippen LogP contribution in [0.15, 0.2) is 60.7 Å². The van der Waals surface area contributed by atoms with Crippen LogP contribution >= 0.6 is 0 Å². The first kappa shape index (κ1) is 23.4. The number of para-hydroxylation sites is 1. The van der Waals surface area contributed by atoms with Crippen molar-refractivity contribution >= 4 is 29.0 Å². The third-order valence-electron chi connectivity index (χ3n) is 6.30. The Bertz CT molecular complexity index is 1240. The van der Waals surface area contributed by atoms with Crippen LogP contribution in [-0.2, 0) is 24.7 Å². The van der Waals surface area contributed by atoms with Gasteiger partial charge in [-0.3, -0.25) is 14.4 Å². The number of carbonyl (C=O) groups excluding carboxylic acids is 3. The maximum Gasteiger partial charge on any atom is 0.296 e. The molecule has 1 atom stereocenters. The van der Waals surface area contributed by atoms with E-state index in [0.717, 1.165) is 6.07 Å². The molecule has 8 heteroatoms. The fourth-order valence-corrected chi connectivity index (χ4v) is 4.73. The normalized spacial score (nSPS) is 21.0. The number of benzene rings is 2. The van der Waals surface area contributed by atoms with Crippen LogP contribution in [0, 0.1) is 12.7 Å². The predicted molar refractivity (Wildman–Crippen MR) is 125 cm³/mol. The molecule has 0 aromatic heterocycles. The predicted octanol–water partition coefficient (Wildman–Crippen LogP) is 3.28. The van der Waals surface area contributed by atoms with E-state index in [2.05, 4.69) is 6.58 Å². The summed E-state index contributed by atoms with van der Waals surface area (Å²) in [5, 5.41) is 11.3. The van der Waals surface area contributed by atoms with Gasteiger partial charge in [-0.2, -0.15) is 0 Å². The van der Waals surface area contributed by atoms with Crippen LogP contribution in [0.2, 0.25) is 0 Å². The number of ether oxygens (including phenoxy) is 1. The van der Waals surface area contributed by atoms with Gasteiger partial charge in [0, 0.05) is 37.9 Å². The van der Waals surface area contributed by atoms with Crippen molar-refractivity contribution < 1.29 is 28.6 Å². The molecule has 1 saturated heterocycles. The highest BCUT2D eigenvalue weighted by Gasteiger charge is 2.66. The Morgan fingerprint density at radius 2 is 1.94 bits per heavy atom. The molecule has 2 aliphatic heterocycles. The number of ketones is 1. The monoisotopic (exact) mass is 464 g/mol. The van der Waals surface area contributed by atoms with Crippen molar-refractivity contribution in [3.63, 3.8) is 0 Å². The van der Waals surface area contributed by atoms with Crippen LogP contribution in [-0.4, -0.2) is 54.4 Å². The Morgan fingerprint density at radius 1 is 1.21 bits per heavy atom. The van der Waals surface area contributed by atoms with E-state index >= 15 is 0 Å². The molecular formula is C26H25FN2O5. The molecule has 0 bridgehead atoms. The largest absolute Gasteiger partial charge is 0.507 e. The van der Waals surface area contributed by atoms with Crippen LogP contribution in [0.3, 0.4) is 0 Å². The fraction of sp³-hybridized carbons (Fsp3) is 0.269. The summed E-state index contributed by atoms with van der Waals surface area (Å²) >= 11 is 0. The lowest BCUT2D eigenvalue weighted by molar-refractivity contribution is -0.143. The number of halogens is 1. The van der Waals surface area contributed by atoms with Crippen molar-refractivity contribution in [2.45, 2.75) is 18.9 Å². The SMILES string of the molecule is C=CCN1C(=O)C2(C(=C(O)c3ccc(C)c(F)c3)C(=O)C(=O)N2CCCOC)c2ccccc21. The molecule has 2 aromatic rings. The van der Waals surface area contributed by atoms with E-state index in [1.54, 1.807) is 37.3 Å². The first-order valence-electron chi connectivity index (χ1n) is 10.9. The minimum atomic E-state index is -1.88. The number of anilines is 1. The smallest absolute Gasteiger partial charge is 0.296 e. The van der Waals surface area contributed by atoms with Crippen molar-refractivity contribution in [1.29, 1.82) is 0 Å². The van der Waals surface area contributed by atoms with E-state index < -0.39 is 34.7 Å². The Balaban J connectivity index is 2.04. The molecule has 0 saturated carbocycles. The number of aliphatic hydroxyl groups is 1. The molecule has 2 amide bonds. The molecule has 2 heterocycles. The lowest BCUT2D eigenvalue weighted by atomic mass is 9.81. The maximum atomic E-state index is 14.3. The Kier molecular flexibility index (Phi) is 6.10. The zero-order chi connectivity index (χ0) is 24.6. The van der Waals surface area contributed by atoms with Gasteiger partial charge in [0.25, 0.3) is 17.6 Å². The summed E-state index contributed by atoms with van der Waals surface area (Å²) < 4.78 is 19.4. The molecule has 0 radical (unpaired) electrons. The number of likely N-dealkylation sites (tertiary alicyclic amines) is 1. The summed E-state index contributed by atoms with van der Waals surface area (Å²) in [6.45, 7) is 5.76. The van der Waals surface area contributed by atoms with E-state index in [9.17, 15) is 23.9 Å². The number of hydrogen-bond acceptors (Lipinski definition) is 5. The van der Waals surface area contributed by atoms with Crippen LogP contribution in [0.4, 0.5) is 10.1 Å². The molecule has 7 nitrogen and oxygen atoms in total. The number of hydrogen-bond donors (Lipinski definition) is 1. The summed E-state index contributed by atoms with van der Waals surface area (Å²) in [5.41, 5.74) is -0.996. The molecule has 1 unspecified atom stereocenters. The lowest BCUT2D eigenvalue weighted by Crippen LogP contribution is -2.52. The highest BCUT2D eigenvalue weighted by atomic mass is 19.1. The second-order valence-corrected chi connectivity index (χ2v) is 8.25. The van der Waals surface area contributed by atoms with Gasteiger partial charge in [0.05, 0.1) is 11.3 Å². The topological polar surface area (TPSA) is 87.2 Å². The van der Waals surface area contributed by atoms with Gasteiger partial charge in [0.15, 0.2) is 5.54 Å². The van der Waals surface area contributed by atoms with Crippen molar-refractivity contribution in [3.8, 4) is 0 Å². The van der Waals surface area contributed by atoms with Crippen molar-refractivity contribution in [2.24, 2.45) is 0 Å². The zero-order valence-electron chi connectivity index (χ0n) is 19.0. The summed E-state index contributed by atoms with van der Waals surface area (Å²) in [4.78, 5) is 43.3.